The third-order valence-corrected chi connectivity index (χ3v) is 11.4. The van der Waals surface area contributed by atoms with E-state index < -0.39 is 0 Å². The Morgan fingerprint density at radius 3 is 2.55 bits per heavy atom. The van der Waals surface area contributed by atoms with E-state index in [9.17, 15) is 14.4 Å². The van der Waals surface area contributed by atoms with Crippen molar-refractivity contribution in [1.82, 2.24) is 35.0 Å². The highest BCUT2D eigenvalue weighted by Crippen LogP contribution is 2.41. The van der Waals surface area contributed by atoms with Crippen LogP contribution in [-0.4, -0.2) is 87.4 Å². The number of nitrogens with zero attached hydrogens (tertiary/aromatic N) is 5. The fourth-order valence-electron chi connectivity index (χ4n) is 7.63. The summed E-state index contributed by atoms with van der Waals surface area (Å²) in [6, 6.07) is 13.7. The van der Waals surface area contributed by atoms with Crippen LogP contribution in [0.5, 0.6) is 5.75 Å². The summed E-state index contributed by atoms with van der Waals surface area (Å²) < 4.78 is 7.64. The number of pyridine rings is 1. The van der Waals surface area contributed by atoms with Crippen molar-refractivity contribution in [2.45, 2.75) is 64.2 Å². The maximum absolute atomic E-state index is 13.6. The Balaban J connectivity index is 1.05. The molecule has 2 aromatic carbocycles. The number of benzene rings is 2. The lowest BCUT2D eigenvalue weighted by Gasteiger charge is -2.32. The predicted octanol–water partition coefficient (Wildman–Crippen LogP) is 5.45. The number of carbonyl (C=O) groups is 3. The minimum atomic E-state index is -0.361. The third-order valence-electron chi connectivity index (χ3n) is 10.6. The van der Waals surface area contributed by atoms with Gasteiger partial charge in [0, 0.05) is 112 Å². The highest BCUT2D eigenvalue weighted by molar-refractivity contribution is 6.39. The standard InChI is InChI=1S/C39H44Cl2N8O4/c1-23(50)49-17-12-26(13-18-49)43-20-25-8-7-24(19-33(25)53-3)37-36(41)29(11-15-42-37)28-5-4-6-30(35(28)40)46-39(52)38-45-31-22-48(16-14-32(31)47(38)2)21-27-9-10-34(51)44-27/h4-8,11,15,19,26-27,43H,9-10,12-14,16-18,20-22H2,1-3H3,(H,44,51)(H,46,52)/t27-/m0/s1. The van der Waals surface area contributed by atoms with Gasteiger partial charge in [-0.2, -0.15) is 0 Å². The molecular formula is C39H44Cl2N8O4. The first-order valence-electron chi connectivity index (χ1n) is 18.1. The highest BCUT2D eigenvalue weighted by atomic mass is 35.5. The van der Waals surface area contributed by atoms with Crippen LogP contribution in [0.4, 0.5) is 5.69 Å². The summed E-state index contributed by atoms with van der Waals surface area (Å²) in [4.78, 5) is 50.5. The number of imidazole rings is 1. The SMILES string of the molecule is COc1cc(-c2nccc(-c3cccc(NC(=O)c4nc5c(n4C)CCN(C[C@@H]4CCC(=O)N4)C5)c3Cl)c2Cl)ccc1CNC1CCN(C(C)=O)CC1. The first kappa shape index (κ1) is 36.9. The molecule has 14 heteroatoms. The smallest absolute Gasteiger partial charge is 0.291 e. The fourth-order valence-corrected chi connectivity index (χ4v) is 8.22. The maximum Gasteiger partial charge on any atom is 0.291 e. The minimum Gasteiger partial charge on any atom is -0.496 e. The van der Waals surface area contributed by atoms with Crippen molar-refractivity contribution >= 4 is 46.6 Å². The number of rotatable bonds is 10. The molecule has 5 heterocycles. The average molecular weight is 760 g/mol. The molecule has 12 nitrogen and oxygen atoms in total. The molecule has 0 radical (unpaired) electrons. The fraction of sp³-hybridized carbons (Fsp3) is 0.410. The number of aromatic nitrogens is 3. The molecule has 0 unspecified atom stereocenters. The van der Waals surface area contributed by atoms with Crippen LogP contribution in [0.3, 0.4) is 0 Å². The van der Waals surface area contributed by atoms with Gasteiger partial charge in [-0.1, -0.05) is 47.5 Å². The number of likely N-dealkylation sites (tertiary alicyclic amines) is 1. The summed E-state index contributed by atoms with van der Waals surface area (Å²) in [5.41, 5.74) is 6.04. The summed E-state index contributed by atoms with van der Waals surface area (Å²) in [7, 11) is 3.51. The van der Waals surface area contributed by atoms with E-state index >= 15 is 0 Å². The van der Waals surface area contributed by atoms with Gasteiger partial charge in [-0.05, 0) is 37.5 Å². The van der Waals surface area contributed by atoms with Crippen molar-refractivity contribution in [3.8, 4) is 28.1 Å². The van der Waals surface area contributed by atoms with E-state index in [0.717, 1.165) is 74.4 Å². The van der Waals surface area contributed by atoms with Crippen molar-refractivity contribution in [2.75, 3.05) is 38.6 Å². The molecule has 3 amide bonds. The first-order valence-corrected chi connectivity index (χ1v) is 18.8. The van der Waals surface area contributed by atoms with Gasteiger partial charge in [0.25, 0.3) is 5.91 Å². The van der Waals surface area contributed by atoms with Crippen LogP contribution in [0.2, 0.25) is 10.0 Å². The number of piperidine rings is 1. The summed E-state index contributed by atoms with van der Waals surface area (Å²) >= 11 is 14.0. The molecule has 278 valence electrons. The van der Waals surface area contributed by atoms with Crippen molar-refractivity contribution in [3.05, 3.63) is 81.5 Å². The van der Waals surface area contributed by atoms with E-state index in [1.54, 1.807) is 32.4 Å². The van der Waals surface area contributed by atoms with Gasteiger partial charge in [0.1, 0.15) is 5.75 Å². The minimum absolute atomic E-state index is 0.106. The molecule has 3 N–H and O–H groups in total. The zero-order valence-electron chi connectivity index (χ0n) is 30.2. The molecule has 3 aliphatic rings. The summed E-state index contributed by atoms with van der Waals surface area (Å²) in [5.74, 6) is 0.893. The molecule has 0 bridgehead atoms. The number of ether oxygens (including phenoxy) is 1. The van der Waals surface area contributed by atoms with E-state index in [1.807, 2.05) is 46.8 Å². The zero-order valence-corrected chi connectivity index (χ0v) is 31.7. The molecule has 2 saturated heterocycles. The van der Waals surface area contributed by atoms with Crippen molar-refractivity contribution in [1.29, 1.82) is 0 Å². The van der Waals surface area contributed by atoms with Gasteiger partial charge in [0.2, 0.25) is 11.8 Å². The lowest BCUT2D eigenvalue weighted by Crippen LogP contribution is -2.43. The first-order chi connectivity index (χ1) is 25.6. The van der Waals surface area contributed by atoms with E-state index in [4.69, 9.17) is 32.9 Å². The second-order valence-electron chi connectivity index (χ2n) is 14.0. The second-order valence-corrected chi connectivity index (χ2v) is 14.8. The van der Waals surface area contributed by atoms with Crippen LogP contribution < -0.4 is 20.7 Å². The molecule has 1 atom stereocenters. The number of hydrogen-bond donors (Lipinski definition) is 3. The number of methoxy groups -OCH3 is 1. The van der Waals surface area contributed by atoms with Crippen LogP contribution in [0.25, 0.3) is 22.4 Å². The molecule has 3 aliphatic heterocycles. The van der Waals surface area contributed by atoms with E-state index in [1.165, 1.54) is 0 Å². The number of nitrogens with one attached hydrogen (secondary N) is 3. The quantitative estimate of drug-likeness (QED) is 0.195. The Morgan fingerprint density at radius 1 is 1.02 bits per heavy atom. The van der Waals surface area contributed by atoms with Gasteiger partial charge < -0.3 is 30.2 Å². The largest absolute Gasteiger partial charge is 0.496 e. The monoisotopic (exact) mass is 758 g/mol. The van der Waals surface area contributed by atoms with Gasteiger partial charge >= 0.3 is 0 Å². The second kappa shape index (κ2) is 15.9. The Labute approximate surface area is 319 Å². The number of carbonyl (C=O) groups excluding carboxylic acids is 3. The van der Waals surface area contributed by atoms with Gasteiger partial charge in [-0.25, -0.2) is 4.98 Å². The number of fused-ring (bicyclic) bond motifs is 1. The van der Waals surface area contributed by atoms with E-state index in [2.05, 4.69) is 25.8 Å². The number of amides is 3. The van der Waals surface area contributed by atoms with Crippen molar-refractivity contribution < 1.29 is 19.1 Å². The van der Waals surface area contributed by atoms with Crippen LogP contribution in [-0.2, 0) is 36.1 Å². The highest BCUT2D eigenvalue weighted by Gasteiger charge is 2.29. The lowest BCUT2D eigenvalue weighted by atomic mass is 10.0. The van der Waals surface area contributed by atoms with Gasteiger partial charge in [0.05, 0.1) is 34.2 Å². The third kappa shape index (κ3) is 7.91. The molecule has 53 heavy (non-hydrogen) atoms. The molecule has 4 aromatic rings. The normalized spacial score (nSPS) is 17.8. The van der Waals surface area contributed by atoms with Crippen LogP contribution in [0, 0.1) is 0 Å². The molecule has 7 rings (SSSR count). The molecule has 2 aromatic heterocycles. The van der Waals surface area contributed by atoms with E-state index in [-0.39, 0.29) is 23.8 Å². The van der Waals surface area contributed by atoms with Crippen LogP contribution >= 0.6 is 23.2 Å². The summed E-state index contributed by atoms with van der Waals surface area (Å²) in [5, 5.41) is 10.4. The Hall–Kier alpha value is -4.49. The topological polar surface area (TPSA) is 134 Å². The average Bonchev–Trinajstić information content (AvgIpc) is 3.73. The van der Waals surface area contributed by atoms with Crippen LogP contribution in [0.1, 0.15) is 60.2 Å². The van der Waals surface area contributed by atoms with Gasteiger partial charge in [-0.3, -0.25) is 24.3 Å². The molecular weight excluding hydrogens is 715 g/mol. The predicted molar refractivity (Wildman–Crippen MR) is 205 cm³/mol. The van der Waals surface area contributed by atoms with E-state index in [0.29, 0.717) is 69.7 Å². The van der Waals surface area contributed by atoms with Gasteiger partial charge in [-0.15, -0.1) is 0 Å². The summed E-state index contributed by atoms with van der Waals surface area (Å²) in [6.45, 7) is 6.00. The number of anilines is 1. The van der Waals surface area contributed by atoms with Crippen molar-refractivity contribution in [3.63, 3.8) is 0 Å². The molecule has 0 saturated carbocycles. The van der Waals surface area contributed by atoms with Crippen LogP contribution in [0.15, 0.2) is 48.7 Å². The summed E-state index contributed by atoms with van der Waals surface area (Å²) in [6.07, 6.45) is 5.69. The lowest BCUT2D eigenvalue weighted by molar-refractivity contribution is -0.130. The molecule has 0 spiro atoms. The molecule has 2 fully saturated rings. The number of hydrogen-bond acceptors (Lipinski definition) is 8. The Morgan fingerprint density at radius 2 is 1.81 bits per heavy atom. The maximum atomic E-state index is 13.6. The van der Waals surface area contributed by atoms with Crippen molar-refractivity contribution in [2.24, 2.45) is 7.05 Å². The Kier molecular flexibility index (Phi) is 11.0. The molecule has 0 aliphatic carbocycles. The zero-order chi connectivity index (χ0) is 37.2. The Bertz CT molecular complexity index is 2040. The number of halogens is 2. The van der Waals surface area contributed by atoms with Gasteiger partial charge in [0.15, 0.2) is 5.82 Å².